The number of rotatable bonds is 2. The summed E-state index contributed by atoms with van der Waals surface area (Å²) in [4.78, 5) is 18.4. The summed E-state index contributed by atoms with van der Waals surface area (Å²) in [6.07, 6.45) is 0. The Hall–Kier alpha value is -1.44. The van der Waals surface area contributed by atoms with Gasteiger partial charge >= 0.3 is 5.28 Å². The highest BCUT2D eigenvalue weighted by molar-refractivity contribution is 3.95. The third-order valence-corrected chi connectivity index (χ3v) is 0.292. The van der Waals surface area contributed by atoms with Crippen molar-refractivity contribution in [3.63, 3.8) is 0 Å². The molecule has 0 aliphatic heterocycles. The third kappa shape index (κ3) is 1.34. The summed E-state index contributed by atoms with van der Waals surface area (Å²) < 4.78 is 0. The van der Waals surface area contributed by atoms with Crippen LogP contribution < -0.4 is 0 Å². The Bertz CT molecular complexity index is 103. The molecule has 46 valence electrons. The zero-order chi connectivity index (χ0) is 6.73. The average Bonchev–Trinajstić information content (AvgIpc) is 1.64. The molecule has 0 fully saturated rings. The summed E-state index contributed by atoms with van der Waals surface area (Å²) in [7, 11) is 0. The van der Waals surface area contributed by atoms with E-state index < -0.39 is 15.3 Å². The SMILES string of the molecule is O=[N+]([O-])N(O)[N+](=O)[O-]. The van der Waals surface area contributed by atoms with Crippen molar-refractivity contribution >= 4 is 0 Å². The van der Waals surface area contributed by atoms with Crippen LogP contribution in [-0.4, -0.2) is 20.6 Å². The van der Waals surface area contributed by atoms with Crippen LogP contribution in [0.15, 0.2) is 0 Å². The van der Waals surface area contributed by atoms with Crippen LogP contribution in [0.5, 0.6) is 0 Å². The van der Waals surface area contributed by atoms with Gasteiger partial charge in [0.05, 0.1) is 0 Å². The summed E-state index contributed by atoms with van der Waals surface area (Å²) in [5, 5.41) is 21.6. The molecule has 0 saturated carbocycles. The molecule has 8 heavy (non-hydrogen) atoms. The predicted molar refractivity (Wildman–Crippen MR) is 17.6 cm³/mol. The van der Waals surface area contributed by atoms with E-state index in [0.717, 1.165) is 0 Å². The normalized spacial score (nSPS) is 8.12. The number of hydrogen-bond donors (Lipinski definition) is 1. The molecule has 0 unspecified atom stereocenters. The van der Waals surface area contributed by atoms with E-state index in [9.17, 15) is 20.2 Å². The lowest BCUT2D eigenvalue weighted by Gasteiger charge is -1.88. The fourth-order valence-electron chi connectivity index (χ4n) is 0.0596. The van der Waals surface area contributed by atoms with E-state index in [1.54, 1.807) is 0 Å². The molecular weight excluding hydrogens is 122 g/mol. The molecular formula is HN3O5. The lowest BCUT2D eigenvalue weighted by Crippen LogP contribution is -2.31. The van der Waals surface area contributed by atoms with E-state index in [2.05, 4.69) is 0 Å². The van der Waals surface area contributed by atoms with E-state index >= 15 is 0 Å². The molecule has 0 amide bonds. The van der Waals surface area contributed by atoms with Crippen LogP contribution >= 0.6 is 0 Å². The Morgan fingerprint density at radius 3 is 1.50 bits per heavy atom. The lowest BCUT2D eigenvalue weighted by molar-refractivity contribution is -0.971. The molecule has 0 radical (unpaired) electrons. The van der Waals surface area contributed by atoms with Gasteiger partial charge in [-0.1, -0.05) is 0 Å². The minimum atomic E-state index is -1.57. The molecule has 0 aromatic rings. The molecule has 0 spiro atoms. The molecule has 1 N–H and O–H groups in total. The van der Waals surface area contributed by atoms with Crippen molar-refractivity contribution in [3.05, 3.63) is 20.2 Å². The van der Waals surface area contributed by atoms with Crippen LogP contribution in [0.2, 0.25) is 0 Å². The molecule has 0 rings (SSSR count). The second kappa shape index (κ2) is 2.02. The maximum atomic E-state index is 9.18. The molecule has 0 bridgehead atoms. The van der Waals surface area contributed by atoms with Crippen molar-refractivity contribution in [1.29, 1.82) is 0 Å². The van der Waals surface area contributed by atoms with Gasteiger partial charge in [0, 0.05) is 0 Å². The second-order valence-electron chi connectivity index (χ2n) is 0.744. The largest absolute Gasteiger partial charge is 0.325 e. The highest BCUT2D eigenvalue weighted by Gasteiger charge is 2.22. The highest BCUT2D eigenvalue weighted by atomic mass is 16.9. The summed E-state index contributed by atoms with van der Waals surface area (Å²) in [5.41, 5.74) is 0. The van der Waals surface area contributed by atoms with Gasteiger partial charge in [0.15, 0.2) is 0 Å². The van der Waals surface area contributed by atoms with Crippen LogP contribution in [0.4, 0.5) is 0 Å². The van der Waals surface area contributed by atoms with Gasteiger partial charge in [0.1, 0.15) is 0 Å². The van der Waals surface area contributed by atoms with Crippen molar-refractivity contribution in [2.75, 3.05) is 0 Å². The topological polar surface area (TPSA) is 110 Å². The van der Waals surface area contributed by atoms with Crippen LogP contribution in [-0.2, 0) is 0 Å². The maximum absolute atomic E-state index is 9.18. The average molecular weight is 123 g/mol. The van der Waals surface area contributed by atoms with Gasteiger partial charge in [0.25, 0.3) is 10.1 Å². The molecule has 0 aromatic carbocycles. The quantitative estimate of drug-likeness (QED) is 0.374. The standard InChI is InChI=1S/HN3O5/c4-1(2(5)6)3(7)8/h4H. The van der Waals surface area contributed by atoms with E-state index in [1.165, 1.54) is 0 Å². The van der Waals surface area contributed by atoms with Gasteiger partial charge in [-0.05, 0) is 0 Å². The predicted octanol–water partition coefficient (Wildman–Crippen LogP) is -0.939. The van der Waals surface area contributed by atoms with Gasteiger partial charge < -0.3 is 0 Å². The van der Waals surface area contributed by atoms with Gasteiger partial charge in [-0.2, -0.15) is 5.21 Å². The first-order chi connectivity index (χ1) is 3.55. The van der Waals surface area contributed by atoms with Crippen LogP contribution in [0.25, 0.3) is 0 Å². The molecule has 0 saturated heterocycles. The van der Waals surface area contributed by atoms with Gasteiger partial charge in [-0.25, -0.2) is 20.2 Å². The highest BCUT2D eigenvalue weighted by Crippen LogP contribution is 1.77. The zero-order valence-electron chi connectivity index (χ0n) is 3.42. The lowest BCUT2D eigenvalue weighted by atomic mass is 12.3. The molecule has 0 aliphatic carbocycles. The fourth-order valence-corrected chi connectivity index (χ4v) is 0.0596. The number of nitro groups is 2. The first-order valence-electron chi connectivity index (χ1n) is 1.33. The molecule has 0 heterocycles. The van der Waals surface area contributed by atoms with Crippen molar-refractivity contribution in [2.45, 2.75) is 0 Å². The van der Waals surface area contributed by atoms with Crippen LogP contribution in [0.1, 0.15) is 0 Å². The Morgan fingerprint density at radius 2 is 1.50 bits per heavy atom. The van der Waals surface area contributed by atoms with E-state index in [0.29, 0.717) is 0 Å². The molecule has 8 nitrogen and oxygen atoms in total. The summed E-state index contributed by atoms with van der Waals surface area (Å²) >= 11 is 0. The first-order valence-corrected chi connectivity index (χ1v) is 1.33. The zero-order valence-corrected chi connectivity index (χ0v) is 3.42. The summed E-state index contributed by atoms with van der Waals surface area (Å²) in [5.74, 6) is 0. The fraction of sp³-hybridized carbons (Fsp3) is 0. The smallest absolute Gasteiger partial charge is 0.228 e. The van der Waals surface area contributed by atoms with Crippen molar-refractivity contribution in [2.24, 2.45) is 0 Å². The summed E-state index contributed by atoms with van der Waals surface area (Å²) in [6.45, 7) is 0. The van der Waals surface area contributed by atoms with Gasteiger partial charge in [-0.3, -0.25) is 0 Å². The van der Waals surface area contributed by atoms with Crippen LogP contribution in [0.3, 0.4) is 0 Å². The van der Waals surface area contributed by atoms with E-state index in [-0.39, 0.29) is 0 Å². The monoisotopic (exact) mass is 123 g/mol. The Balaban J connectivity index is 3.83. The van der Waals surface area contributed by atoms with Crippen molar-refractivity contribution in [1.82, 2.24) is 5.28 Å². The van der Waals surface area contributed by atoms with E-state index in [4.69, 9.17) is 5.21 Å². The summed E-state index contributed by atoms with van der Waals surface area (Å²) in [6, 6.07) is 0. The minimum Gasteiger partial charge on any atom is -0.228 e. The Morgan fingerprint density at radius 1 is 1.25 bits per heavy atom. The van der Waals surface area contributed by atoms with Crippen LogP contribution in [0, 0.1) is 20.2 Å². The molecule has 0 atom stereocenters. The van der Waals surface area contributed by atoms with Crippen molar-refractivity contribution < 1.29 is 15.3 Å². The third-order valence-electron chi connectivity index (χ3n) is 0.292. The molecule has 0 aromatic heterocycles. The second-order valence-corrected chi connectivity index (χ2v) is 0.744. The number of hydrogen-bond acceptors (Lipinski definition) is 5. The number of hydrazine groups is 2. The van der Waals surface area contributed by atoms with Gasteiger partial charge in [-0.15, -0.1) is 0 Å². The number of nitrogens with zero attached hydrogens (tertiary/aromatic N) is 3. The van der Waals surface area contributed by atoms with E-state index in [1.807, 2.05) is 0 Å². The molecule has 8 heteroatoms. The Kier molecular flexibility index (Phi) is 1.66. The molecule has 0 aliphatic rings. The van der Waals surface area contributed by atoms with Gasteiger partial charge in [0.2, 0.25) is 0 Å². The van der Waals surface area contributed by atoms with Crippen molar-refractivity contribution in [3.8, 4) is 0 Å². The minimum absolute atomic E-state index is 1.22. The first kappa shape index (κ1) is 6.56. The maximum Gasteiger partial charge on any atom is 0.325 e. The Labute approximate surface area is 42.1 Å².